The lowest BCUT2D eigenvalue weighted by molar-refractivity contribution is -0.121. The Kier molecular flexibility index (Phi) is 1.51. The van der Waals surface area contributed by atoms with Crippen LogP contribution in [0.5, 0.6) is 0 Å². The Morgan fingerprint density at radius 3 is 3.18 bits per heavy atom. The molecule has 1 amide bonds. The van der Waals surface area contributed by atoms with Crippen LogP contribution in [0.2, 0.25) is 5.02 Å². The third kappa shape index (κ3) is 1.67. The first-order chi connectivity index (χ1) is 10.1. The Morgan fingerprint density at radius 1 is 1.59 bits per heavy atom. The summed E-state index contributed by atoms with van der Waals surface area (Å²) in [5.74, 6) is -1.99. The second-order valence-corrected chi connectivity index (χ2v) is 4.58. The molecular formula is C14H14ClNO. The lowest BCUT2D eigenvalue weighted by atomic mass is 9.82. The van der Waals surface area contributed by atoms with E-state index in [1.807, 2.05) is 0 Å². The fraction of sp³-hybridized carbons (Fsp3) is 0.357. The molecule has 0 aromatic heterocycles. The second-order valence-electron chi connectivity index (χ2n) is 4.18. The number of amides is 1. The zero-order valence-corrected chi connectivity index (χ0v) is 9.77. The highest BCUT2D eigenvalue weighted by Crippen LogP contribution is 2.44. The molecule has 88 valence electrons. The zero-order valence-electron chi connectivity index (χ0n) is 14.0. The largest absolute Gasteiger partial charge is 0.369 e. The van der Waals surface area contributed by atoms with E-state index in [0.717, 1.165) is 0 Å². The molecule has 3 heteroatoms. The molecule has 2 nitrogen and oxygen atoms in total. The molecular weight excluding hydrogens is 234 g/mol. The first-order valence-electron chi connectivity index (χ1n) is 7.87. The first-order valence-corrected chi connectivity index (χ1v) is 5.75. The van der Waals surface area contributed by atoms with Crippen LogP contribution in [0.4, 0.5) is 0 Å². The molecule has 1 aromatic rings. The van der Waals surface area contributed by atoms with Crippen LogP contribution >= 0.6 is 11.6 Å². The fourth-order valence-corrected chi connectivity index (χ4v) is 2.57. The van der Waals surface area contributed by atoms with Crippen LogP contribution in [0.15, 0.2) is 23.7 Å². The quantitative estimate of drug-likeness (QED) is 0.821. The minimum atomic E-state index is -2.05. The minimum Gasteiger partial charge on any atom is -0.369 e. The van der Waals surface area contributed by atoms with Crippen molar-refractivity contribution in [2.45, 2.75) is 25.6 Å². The number of benzene rings is 1. The molecule has 0 radical (unpaired) electrons. The molecule has 0 saturated carbocycles. The number of nitrogens with two attached hydrogens (primary N) is 1. The number of fused-ring (bicyclic) bond motifs is 2. The molecule has 0 aliphatic heterocycles. The van der Waals surface area contributed by atoms with Crippen LogP contribution < -0.4 is 5.73 Å². The van der Waals surface area contributed by atoms with Crippen molar-refractivity contribution >= 4 is 23.1 Å². The van der Waals surface area contributed by atoms with E-state index < -0.39 is 31.0 Å². The molecule has 0 saturated heterocycles. The van der Waals surface area contributed by atoms with Gasteiger partial charge in [-0.3, -0.25) is 4.79 Å². The van der Waals surface area contributed by atoms with Gasteiger partial charge in [0.15, 0.2) is 0 Å². The van der Waals surface area contributed by atoms with Gasteiger partial charge in [-0.15, -0.1) is 0 Å². The molecule has 2 aliphatic carbocycles. The second kappa shape index (κ2) is 3.88. The van der Waals surface area contributed by atoms with E-state index in [4.69, 9.17) is 24.2 Å². The molecule has 3 rings (SSSR count). The summed E-state index contributed by atoms with van der Waals surface area (Å²) in [5, 5.41) is 0.201. The van der Waals surface area contributed by atoms with Crippen molar-refractivity contribution < 1.29 is 11.6 Å². The number of primary amides is 1. The van der Waals surface area contributed by atoms with Gasteiger partial charge in [0.2, 0.25) is 5.91 Å². The monoisotopic (exact) mass is 252 g/mol. The van der Waals surface area contributed by atoms with E-state index in [-0.39, 0.29) is 23.1 Å². The number of hydrogen-bond acceptors (Lipinski definition) is 1. The van der Waals surface area contributed by atoms with Crippen LogP contribution in [0.1, 0.15) is 37.1 Å². The molecule has 0 bridgehead atoms. The maximum absolute atomic E-state index is 11.8. The van der Waals surface area contributed by atoms with Gasteiger partial charge < -0.3 is 5.73 Å². The van der Waals surface area contributed by atoms with E-state index >= 15 is 0 Å². The van der Waals surface area contributed by atoms with Gasteiger partial charge in [0.25, 0.3) is 0 Å². The summed E-state index contributed by atoms with van der Waals surface area (Å²) in [6, 6.07) is 3.27. The smallest absolute Gasteiger partial charge is 0.224 e. The van der Waals surface area contributed by atoms with Crippen molar-refractivity contribution in [3.05, 3.63) is 39.9 Å². The van der Waals surface area contributed by atoms with Crippen molar-refractivity contribution in [3.8, 4) is 0 Å². The maximum atomic E-state index is 11.8. The Hall–Kier alpha value is -1.28. The topological polar surface area (TPSA) is 43.1 Å². The van der Waals surface area contributed by atoms with Crippen molar-refractivity contribution in [3.63, 3.8) is 0 Å². The Labute approximate surface area is 112 Å². The van der Waals surface area contributed by atoms with Crippen molar-refractivity contribution in [1.29, 1.82) is 0 Å². The van der Waals surface area contributed by atoms with Gasteiger partial charge in [-0.25, -0.2) is 0 Å². The maximum Gasteiger partial charge on any atom is 0.224 e. The lowest BCUT2D eigenvalue weighted by Gasteiger charge is -2.22. The third-order valence-electron chi connectivity index (χ3n) is 3.15. The molecule has 17 heavy (non-hydrogen) atoms. The number of carbonyl (C=O) groups is 1. The van der Waals surface area contributed by atoms with Gasteiger partial charge in [0, 0.05) is 10.5 Å². The van der Waals surface area contributed by atoms with Crippen LogP contribution in [0, 0.1) is 5.92 Å². The Balaban J connectivity index is 2.31. The summed E-state index contributed by atoms with van der Waals surface area (Å²) in [4.78, 5) is 11.8. The SMILES string of the molecule is [2H]c1c(Cl)ccc2c1C1=C(C2)C(C(N)=O)C([2H])([2H])CC1([2H])[2H]. The highest BCUT2D eigenvalue weighted by Gasteiger charge is 2.32. The number of rotatable bonds is 1. The van der Waals surface area contributed by atoms with Gasteiger partial charge in [-0.05, 0) is 60.0 Å². The molecule has 2 aliphatic rings. The predicted octanol–water partition coefficient (Wildman–Crippen LogP) is 2.94. The first kappa shape index (κ1) is 6.60. The Morgan fingerprint density at radius 2 is 2.41 bits per heavy atom. The molecule has 0 spiro atoms. The summed E-state index contributed by atoms with van der Waals surface area (Å²) >= 11 is 5.97. The molecule has 0 heterocycles. The van der Waals surface area contributed by atoms with Crippen molar-refractivity contribution in [2.75, 3.05) is 0 Å². The van der Waals surface area contributed by atoms with Crippen molar-refractivity contribution in [1.82, 2.24) is 0 Å². The molecule has 1 unspecified atom stereocenters. The summed E-state index contributed by atoms with van der Waals surface area (Å²) in [6.45, 7) is 0. The number of halogens is 1. The van der Waals surface area contributed by atoms with Gasteiger partial charge in [-0.2, -0.15) is 0 Å². The van der Waals surface area contributed by atoms with Gasteiger partial charge in [0.1, 0.15) is 0 Å². The van der Waals surface area contributed by atoms with E-state index in [1.165, 1.54) is 0 Å². The average Bonchev–Trinajstić information content (AvgIpc) is 2.71. The van der Waals surface area contributed by atoms with Gasteiger partial charge in [-0.1, -0.05) is 17.7 Å². The standard InChI is InChI=1S/C14H14ClNO/c15-9-5-4-8-6-13-10(12(8)7-9)2-1-3-11(13)14(16)17/h4-5,7,11H,1-3,6H2,(H2,16,17)/i2D2,3D2,7D. The van der Waals surface area contributed by atoms with E-state index in [1.54, 1.807) is 12.1 Å². The lowest BCUT2D eigenvalue weighted by Crippen LogP contribution is -2.27. The molecule has 1 atom stereocenters. The summed E-state index contributed by atoms with van der Waals surface area (Å²) in [6.07, 6.45) is -4.28. The highest BCUT2D eigenvalue weighted by molar-refractivity contribution is 6.30. The number of allylic oxidation sites excluding steroid dienone is 1. The van der Waals surface area contributed by atoms with E-state index in [2.05, 4.69) is 0 Å². The van der Waals surface area contributed by atoms with Crippen LogP contribution in [-0.4, -0.2) is 5.91 Å². The summed E-state index contributed by atoms with van der Waals surface area (Å²) < 4.78 is 40.6. The number of hydrogen-bond donors (Lipinski definition) is 1. The summed E-state index contributed by atoms with van der Waals surface area (Å²) in [5.41, 5.74) is 7.02. The van der Waals surface area contributed by atoms with Gasteiger partial charge in [0.05, 0.1) is 7.29 Å². The highest BCUT2D eigenvalue weighted by atomic mass is 35.5. The predicted molar refractivity (Wildman–Crippen MR) is 68.6 cm³/mol. The Bertz CT molecular complexity index is 728. The van der Waals surface area contributed by atoms with Crippen LogP contribution in [0.3, 0.4) is 0 Å². The normalized spacial score (nSPS) is 32.5. The van der Waals surface area contributed by atoms with E-state index in [0.29, 0.717) is 16.7 Å². The van der Waals surface area contributed by atoms with Crippen LogP contribution in [0.25, 0.3) is 5.57 Å². The van der Waals surface area contributed by atoms with Crippen molar-refractivity contribution in [2.24, 2.45) is 11.7 Å². The molecule has 0 fully saturated rings. The molecule has 2 N–H and O–H groups in total. The molecule has 1 aromatic carbocycles. The van der Waals surface area contributed by atoms with E-state index in [9.17, 15) is 4.79 Å². The van der Waals surface area contributed by atoms with Gasteiger partial charge >= 0.3 is 0 Å². The third-order valence-corrected chi connectivity index (χ3v) is 3.37. The van der Waals surface area contributed by atoms with Crippen LogP contribution in [-0.2, 0) is 11.2 Å². The minimum absolute atomic E-state index is 0.0127. The summed E-state index contributed by atoms with van der Waals surface area (Å²) in [7, 11) is 0. The average molecular weight is 253 g/mol. The number of carbonyl (C=O) groups excluding carboxylic acids is 1. The fourth-order valence-electron chi connectivity index (χ4n) is 2.41. The zero-order chi connectivity index (χ0) is 16.4.